The number of hydrogen-bond acceptors (Lipinski definition) is 9. The van der Waals surface area contributed by atoms with Gasteiger partial charge in [0.25, 0.3) is 0 Å². The molecule has 0 N–H and O–H groups in total. The molecule has 0 amide bonds. The van der Waals surface area contributed by atoms with Crippen molar-refractivity contribution in [2.75, 3.05) is 0 Å². The highest BCUT2D eigenvalue weighted by Crippen LogP contribution is 2.48. The van der Waals surface area contributed by atoms with E-state index in [0.29, 0.717) is 11.4 Å². The van der Waals surface area contributed by atoms with Crippen molar-refractivity contribution in [1.82, 2.24) is 57.3 Å². The fraction of sp³-hybridized carbons (Fsp3) is 0. The summed E-state index contributed by atoms with van der Waals surface area (Å²) in [5.74, 6) is 2.30. The lowest BCUT2D eigenvalue weighted by atomic mass is 10.1. The number of hydrogen-bond donors (Lipinski definition) is 0. The molecule has 684 valence electrons. The average molecular weight is 1900 g/mol. The molecule has 147 heavy (non-hydrogen) atoms. The zero-order chi connectivity index (χ0) is 96.2. The first-order chi connectivity index (χ1) is 72.9. The van der Waals surface area contributed by atoms with Gasteiger partial charge in [0.2, 0.25) is 11.4 Å². The number of thiophene rings is 1. The van der Waals surface area contributed by atoms with Crippen LogP contribution in [0.3, 0.4) is 0 Å². The molecule has 0 atom stereocenters. The lowest BCUT2D eigenvalue weighted by molar-refractivity contribution is 0.651. The lowest BCUT2D eigenvalue weighted by Crippen LogP contribution is -2.03. The molecule has 0 aliphatic carbocycles. The van der Waals surface area contributed by atoms with Crippen LogP contribution in [0.5, 0.6) is 0 Å². The van der Waals surface area contributed by atoms with E-state index in [9.17, 15) is 0 Å². The third-order valence-corrected chi connectivity index (χ3v) is 30.8. The van der Waals surface area contributed by atoms with Crippen LogP contribution < -0.4 is 0 Å². The molecule has 33 rings (SSSR count). The maximum absolute atomic E-state index is 6.37. The Morgan fingerprint density at radius 1 is 0.170 bits per heavy atom. The zero-order valence-corrected chi connectivity index (χ0v) is 79.4. The van der Waals surface area contributed by atoms with Crippen molar-refractivity contribution in [2.24, 2.45) is 0 Å². The molecule has 0 aliphatic rings. The highest BCUT2D eigenvalue weighted by molar-refractivity contribution is 7.25. The van der Waals surface area contributed by atoms with Gasteiger partial charge < -0.3 is 22.5 Å². The Labute approximate surface area is 840 Å². The second-order valence-electron chi connectivity index (χ2n) is 37.9. The van der Waals surface area contributed by atoms with Gasteiger partial charge in [-0.05, 0) is 196 Å². The predicted molar refractivity (Wildman–Crippen MR) is 608 cm³/mol. The summed E-state index contributed by atoms with van der Waals surface area (Å²) in [5.41, 5.74) is 27.3. The van der Waals surface area contributed by atoms with Crippen LogP contribution in [-0.2, 0) is 0 Å². The molecule has 12 heterocycles. The molecule has 0 radical (unpaired) electrons. The highest BCUT2D eigenvalue weighted by Gasteiger charge is 2.30. The van der Waals surface area contributed by atoms with Gasteiger partial charge in [-0.15, -0.1) is 11.3 Å². The Balaban J connectivity index is 0.0000000999. The first kappa shape index (κ1) is 82.0. The molecule has 0 bridgehead atoms. The highest BCUT2D eigenvalue weighted by atomic mass is 32.1. The van der Waals surface area contributed by atoms with Crippen molar-refractivity contribution in [2.45, 2.75) is 0 Å². The molecule has 14 nitrogen and oxygen atoms in total. The monoisotopic (exact) mass is 1890 g/mol. The van der Waals surface area contributed by atoms with Crippen LogP contribution in [0.4, 0.5) is 0 Å². The first-order valence-electron chi connectivity index (χ1n) is 49.5. The number of para-hydroxylation sites is 11. The maximum Gasteiger partial charge on any atom is 0.248 e. The van der Waals surface area contributed by atoms with Gasteiger partial charge in [-0.25, -0.2) is 19.9 Å². The van der Waals surface area contributed by atoms with E-state index in [4.69, 9.17) is 38.7 Å². The van der Waals surface area contributed by atoms with Gasteiger partial charge in [-0.1, -0.05) is 309 Å². The summed E-state index contributed by atoms with van der Waals surface area (Å²) in [6.45, 7) is 0. The van der Waals surface area contributed by atoms with Gasteiger partial charge in [-0.2, -0.15) is 9.97 Å². The summed E-state index contributed by atoms with van der Waals surface area (Å²) in [7, 11) is 0. The van der Waals surface area contributed by atoms with Crippen LogP contribution in [0.15, 0.2) is 482 Å². The second-order valence-corrected chi connectivity index (χ2v) is 38.9. The van der Waals surface area contributed by atoms with Crippen LogP contribution in [-0.4, -0.2) is 57.3 Å². The van der Waals surface area contributed by atoms with E-state index in [0.717, 1.165) is 183 Å². The predicted octanol–water partition coefficient (Wildman–Crippen LogP) is 34.6. The molecule has 12 aromatic heterocycles. The molecule has 15 heteroatoms. The van der Waals surface area contributed by atoms with Gasteiger partial charge in [-0.3, -0.25) is 13.7 Å². The fourth-order valence-electron chi connectivity index (χ4n) is 23.2. The first-order valence-corrected chi connectivity index (χ1v) is 50.3. The third kappa shape index (κ3) is 12.7. The standard InChI is InChI=1S/2C44H26N4O.C44H26N4S/c1-2-14-30(15-3-1)47-36-19-9-6-16-31(36)34-25-29(22-23-38(34)47)41-43(46-44-42(45-41)33-18-8-11-21-40(33)49-44)48-37-20-10-7-17-32(37)35-24-27-12-4-5-13-28(27)26-39(35)48;2*1-2-14-30(15-3-1)47-36-19-9-6-16-31(36)33-23-22-29(26-38(33)47)41-43(46-44-42(45-41)34-18-8-11-21-40(34)49-44)48-37-20-10-7-17-32(37)35-24-27-12-4-5-13-28(27)25-39(35)48/h3*1-26H. The summed E-state index contributed by atoms with van der Waals surface area (Å²) >= 11 is 1.70. The Hall–Kier alpha value is -19.7. The van der Waals surface area contributed by atoms with Gasteiger partial charge >= 0.3 is 0 Å². The minimum atomic E-state index is 0.520. The minimum absolute atomic E-state index is 0.520. The van der Waals surface area contributed by atoms with Crippen LogP contribution >= 0.6 is 11.3 Å². The fourth-order valence-corrected chi connectivity index (χ4v) is 24.2. The largest absolute Gasteiger partial charge is 0.436 e. The van der Waals surface area contributed by atoms with E-state index in [-0.39, 0.29) is 0 Å². The summed E-state index contributed by atoms with van der Waals surface area (Å²) in [4.78, 5) is 33.6. The SMILES string of the molecule is c1ccc(-n2c3ccccc3c3cc(-c4nc5c(nc4-n4c6ccccc6c6cc7ccccc7cc64)oc4ccccc45)ccc32)cc1.c1ccc(-n2c3ccccc3c3ccc(-c4nc5c(nc4-n4c6ccccc6c6cc7ccccc7cc64)oc4ccccc45)cc32)cc1.c1ccc(-n2c3ccccc3c3ccc(-c4nc5c(nc4-n4c6ccccc6c6cc7ccccc7cc64)sc4ccccc45)cc32)cc1. The Kier molecular flexibility index (Phi) is 18.1. The van der Waals surface area contributed by atoms with E-state index in [1.54, 1.807) is 11.3 Å². The van der Waals surface area contributed by atoms with Gasteiger partial charge in [0.1, 0.15) is 49.6 Å². The molecule has 0 unspecified atom stereocenters. The second kappa shape index (κ2) is 32.4. The Bertz CT molecular complexity index is 10900. The molecule has 0 aliphatic heterocycles. The van der Waals surface area contributed by atoms with Gasteiger partial charge in [0, 0.05) is 119 Å². The molecular weight excluding hydrogens is 1820 g/mol. The topological polar surface area (TPSA) is 133 Å². The van der Waals surface area contributed by atoms with Crippen molar-refractivity contribution in [3.8, 4) is 68.3 Å². The molecule has 0 saturated carbocycles. The molecule has 21 aromatic carbocycles. The van der Waals surface area contributed by atoms with Gasteiger partial charge in [0.15, 0.2) is 17.5 Å². The minimum Gasteiger partial charge on any atom is -0.436 e. The van der Waals surface area contributed by atoms with Crippen molar-refractivity contribution < 1.29 is 8.83 Å². The number of furan rings is 2. The van der Waals surface area contributed by atoms with Crippen molar-refractivity contribution in [3.63, 3.8) is 0 Å². The Morgan fingerprint density at radius 3 is 0.830 bits per heavy atom. The summed E-state index contributed by atoms with van der Waals surface area (Å²) in [6, 6.07) is 168. The normalized spacial score (nSPS) is 12.1. The van der Waals surface area contributed by atoms with E-state index in [1.807, 2.05) is 36.4 Å². The van der Waals surface area contributed by atoms with Crippen LogP contribution in [0.2, 0.25) is 0 Å². The zero-order valence-electron chi connectivity index (χ0n) is 78.6. The molecule has 0 saturated heterocycles. The number of benzene rings is 21. The van der Waals surface area contributed by atoms with Crippen molar-refractivity contribution in [1.29, 1.82) is 0 Å². The van der Waals surface area contributed by atoms with E-state index in [1.165, 1.54) is 102 Å². The summed E-state index contributed by atoms with van der Waals surface area (Å²) < 4.78 is 27.8. The lowest BCUT2D eigenvalue weighted by Gasteiger charge is -2.14. The van der Waals surface area contributed by atoms with Crippen LogP contribution in [0.1, 0.15) is 0 Å². The molecule has 0 spiro atoms. The third-order valence-electron chi connectivity index (χ3n) is 29.7. The van der Waals surface area contributed by atoms with Crippen molar-refractivity contribution >= 4 is 239 Å². The number of aromatic nitrogens is 12. The van der Waals surface area contributed by atoms with E-state index >= 15 is 0 Å². The van der Waals surface area contributed by atoms with E-state index < -0.39 is 0 Å². The van der Waals surface area contributed by atoms with Crippen LogP contribution in [0.25, 0.3) is 296 Å². The van der Waals surface area contributed by atoms with Crippen molar-refractivity contribution in [3.05, 3.63) is 473 Å². The number of nitrogens with zero attached hydrogens (tertiary/aromatic N) is 12. The summed E-state index contributed by atoms with van der Waals surface area (Å²) in [5, 5.41) is 24.5. The Morgan fingerprint density at radius 2 is 0.435 bits per heavy atom. The smallest absolute Gasteiger partial charge is 0.248 e. The number of fused-ring (bicyclic) bond motifs is 30. The molecule has 0 fully saturated rings. The van der Waals surface area contributed by atoms with Gasteiger partial charge in [0.05, 0.1) is 66.2 Å². The quantitative estimate of drug-likeness (QED) is 0.139. The summed E-state index contributed by atoms with van der Waals surface area (Å²) in [6.07, 6.45) is 0. The average Bonchev–Trinajstić information content (AvgIpc) is 1.57. The molecule has 33 aromatic rings. The molecular formula is C132H78N12O2S. The van der Waals surface area contributed by atoms with Crippen LogP contribution in [0, 0.1) is 0 Å². The maximum atomic E-state index is 6.37. The van der Waals surface area contributed by atoms with E-state index in [2.05, 4.69) is 464 Å². The number of rotatable bonds is 9.